The van der Waals surface area contributed by atoms with E-state index in [1.807, 2.05) is 30.3 Å². The Balaban J connectivity index is 2.31. The minimum Gasteiger partial charge on any atom is -0.431 e. The summed E-state index contributed by atoms with van der Waals surface area (Å²) in [5, 5.41) is 0. The molecule has 3 heteroatoms. The lowest BCUT2D eigenvalue weighted by atomic mass is 9.99. The molecule has 1 heterocycles. The van der Waals surface area contributed by atoms with Crippen LogP contribution < -0.4 is 0 Å². The third-order valence-electron chi connectivity index (χ3n) is 2.76. The fourth-order valence-corrected chi connectivity index (χ4v) is 1.95. The van der Waals surface area contributed by atoms with E-state index in [0.29, 0.717) is 25.7 Å². The minimum absolute atomic E-state index is 0.181. The van der Waals surface area contributed by atoms with Crippen molar-refractivity contribution in [1.82, 2.24) is 0 Å². The molecule has 0 bridgehead atoms. The average molecular weight is 230 g/mol. The Morgan fingerprint density at radius 2 is 2.00 bits per heavy atom. The van der Waals surface area contributed by atoms with E-state index in [-0.39, 0.29) is 5.97 Å². The molecular formula is C14H14O3. The summed E-state index contributed by atoms with van der Waals surface area (Å²) in [6.07, 6.45) is 3.04. The molecule has 0 unspecified atom stereocenters. The third-order valence-corrected chi connectivity index (χ3v) is 2.76. The summed E-state index contributed by atoms with van der Waals surface area (Å²) in [7, 11) is 0. The van der Waals surface area contributed by atoms with Gasteiger partial charge in [0.1, 0.15) is 12.0 Å². The van der Waals surface area contributed by atoms with Gasteiger partial charge in [-0.3, -0.25) is 4.79 Å². The molecule has 1 aromatic carbocycles. The molecule has 2 rings (SSSR count). The van der Waals surface area contributed by atoms with E-state index in [0.717, 1.165) is 23.2 Å². The second kappa shape index (κ2) is 5.43. The Morgan fingerprint density at radius 3 is 2.59 bits per heavy atom. The standard InChI is InChI=1S/C14H14O3/c15-10-4-7-12(11-5-2-1-3-6-11)13-8-9-14(16)17-13/h1-3,5-6,10H,4,7-9H2/b13-12-. The van der Waals surface area contributed by atoms with Gasteiger partial charge in [-0.1, -0.05) is 30.3 Å². The highest BCUT2D eigenvalue weighted by atomic mass is 16.5. The molecule has 1 fully saturated rings. The highest BCUT2D eigenvalue weighted by Gasteiger charge is 2.21. The van der Waals surface area contributed by atoms with E-state index >= 15 is 0 Å². The van der Waals surface area contributed by atoms with Gasteiger partial charge in [0.05, 0.1) is 6.42 Å². The van der Waals surface area contributed by atoms with E-state index in [2.05, 4.69) is 0 Å². The van der Waals surface area contributed by atoms with Crippen LogP contribution in [-0.2, 0) is 14.3 Å². The van der Waals surface area contributed by atoms with Crippen molar-refractivity contribution in [3.8, 4) is 0 Å². The van der Waals surface area contributed by atoms with Crippen LogP contribution in [0.25, 0.3) is 5.57 Å². The average Bonchev–Trinajstić information content (AvgIpc) is 2.78. The van der Waals surface area contributed by atoms with Crippen molar-refractivity contribution in [2.75, 3.05) is 0 Å². The predicted molar refractivity (Wildman–Crippen MR) is 64.0 cm³/mol. The quantitative estimate of drug-likeness (QED) is 0.590. The maximum atomic E-state index is 11.1. The zero-order chi connectivity index (χ0) is 12.1. The summed E-state index contributed by atoms with van der Waals surface area (Å²) in [6, 6.07) is 9.76. The molecule has 3 nitrogen and oxygen atoms in total. The van der Waals surface area contributed by atoms with Gasteiger partial charge in [-0.2, -0.15) is 0 Å². The number of cyclic esters (lactones) is 1. The molecule has 1 aliphatic heterocycles. The molecule has 1 aliphatic rings. The van der Waals surface area contributed by atoms with Crippen LogP contribution in [0.5, 0.6) is 0 Å². The first-order valence-corrected chi connectivity index (χ1v) is 5.73. The number of benzene rings is 1. The zero-order valence-electron chi connectivity index (χ0n) is 9.52. The Labute approximate surface area is 100 Å². The van der Waals surface area contributed by atoms with Crippen LogP contribution in [0, 0.1) is 0 Å². The van der Waals surface area contributed by atoms with Gasteiger partial charge < -0.3 is 9.53 Å². The van der Waals surface area contributed by atoms with Crippen molar-refractivity contribution < 1.29 is 14.3 Å². The number of esters is 1. The highest BCUT2D eigenvalue weighted by molar-refractivity contribution is 5.79. The van der Waals surface area contributed by atoms with E-state index in [1.54, 1.807) is 0 Å². The Kier molecular flexibility index (Phi) is 3.70. The molecule has 0 saturated carbocycles. The zero-order valence-corrected chi connectivity index (χ0v) is 9.52. The number of ether oxygens (including phenoxy) is 1. The molecule has 1 aromatic rings. The number of allylic oxidation sites excluding steroid dienone is 2. The Morgan fingerprint density at radius 1 is 1.24 bits per heavy atom. The highest BCUT2D eigenvalue weighted by Crippen LogP contribution is 2.30. The molecule has 88 valence electrons. The summed E-state index contributed by atoms with van der Waals surface area (Å²) in [4.78, 5) is 21.6. The van der Waals surface area contributed by atoms with Crippen molar-refractivity contribution in [3.05, 3.63) is 41.7 Å². The molecule has 0 aliphatic carbocycles. The van der Waals surface area contributed by atoms with Crippen LogP contribution in [0.4, 0.5) is 0 Å². The molecule has 0 atom stereocenters. The molecular weight excluding hydrogens is 216 g/mol. The van der Waals surface area contributed by atoms with Gasteiger partial charge in [0.25, 0.3) is 0 Å². The normalized spacial score (nSPS) is 17.8. The first-order chi connectivity index (χ1) is 8.31. The van der Waals surface area contributed by atoms with Crippen LogP contribution in [0.15, 0.2) is 36.1 Å². The van der Waals surface area contributed by atoms with Crippen LogP contribution >= 0.6 is 0 Å². The van der Waals surface area contributed by atoms with E-state index in [4.69, 9.17) is 4.74 Å². The molecule has 0 aromatic heterocycles. The lowest BCUT2D eigenvalue weighted by molar-refractivity contribution is -0.135. The topological polar surface area (TPSA) is 43.4 Å². The number of carbonyl (C=O) groups excluding carboxylic acids is 2. The largest absolute Gasteiger partial charge is 0.431 e. The summed E-state index contributed by atoms with van der Waals surface area (Å²) >= 11 is 0. The van der Waals surface area contributed by atoms with Crippen molar-refractivity contribution >= 4 is 17.8 Å². The molecule has 0 N–H and O–H groups in total. The lowest BCUT2D eigenvalue weighted by Crippen LogP contribution is -1.95. The Hall–Kier alpha value is -1.90. The van der Waals surface area contributed by atoms with Gasteiger partial charge in [-0.25, -0.2) is 0 Å². The summed E-state index contributed by atoms with van der Waals surface area (Å²) in [5.74, 6) is 0.544. The van der Waals surface area contributed by atoms with Crippen LogP contribution in [0.2, 0.25) is 0 Å². The predicted octanol–water partition coefficient (Wildman–Crippen LogP) is 2.71. The van der Waals surface area contributed by atoms with Crippen molar-refractivity contribution in [1.29, 1.82) is 0 Å². The van der Waals surface area contributed by atoms with Crippen LogP contribution in [0.3, 0.4) is 0 Å². The fraction of sp³-hybridized carbons (Fsp3) is 0.286. The summed E-state index contributed by atoms with van der Waals surface area (Å²) in [5.41, 5.74) is 2.00. The number of aldehydes is 1. The SMILES string of the molecule is O=CCC/C(=C1\CCC(=O)O1)c1ccccc1. The number of rotatable bonds is 4. The Bertz CT molecular complexity index is 446. The molecule has 0 spiro atoms. The lowest BCUT2D eigenvalue weighted by Gasteiger charge is -2.09. The van der Waals surface area contributed by atoms with Gasteiger partial charge in [0.2, 0.25) is 0 Å². The van der Waals surface area contributed by atoms with Gasteiger partial charge in [-0.05, 0) is 17.6 Å². The van der Waals surface area contributed by atoms with E-state index in [1.165, 1.54) is 0 Å². The number of hydrogen-bond acceptors (Lipinski definition) is 3. The van der Waals surface area contributed by atoms with E-state index < -0.39 is 0 Å². The summed E-state index contributed by atoms with van der Waals surface area (Å²) < 4.78 is 5.20. The monoisotopic (exact) mass is 230 g/mol. The van der Waals surface area contributed by atoms with Crippen LogP contribution in [0.1, 0.15) is 31.2 Å². The second-order valence-corrected chi connectivity index (χ2v) is 3.95. The van der Waals surface area contributed by atoms with E-state index in [9.17, 15) is 9.59 Å². The first kappa shape index (κ1) is 11.6. The van der Waals surface area contributed by atoms with Gasteiger partial charge in [0, 0.05) is 12.8 Å². The molecule has 17 heavy (non-hydrogen) atoms. The third kappa shape index (κ3) is 2.81. The second-order valence-electron chi connectivity index (χ2n) is 3.95. The van der Waals surface area contributed by atoms with Crippen LogP contribution in [-0.4, -0.2) is 12.3 Å². The fourth-order valence-electron chi connectivity index (χ4n) is 1.95. The maximum absolute atomic E-state index is 11.1. The van der Waals surface area contributed by atoms with Gasteiger partial charge in [-0.15, -0.1) is 0 Å². The van der Waals surface area contributed by atoms with Crippen molar-refractivity contribution in [2.24, 2.45) is 0 Å². The van der Waals surface area contributed by atoms with Gasteiger partial charge in [0.15, 0.2) is 0 Å². The number of carbonyl (C=O) groups is 2. The maximum Gasteiger partial charge on any atom is 0.311 e. The first-order valence-electron chi connectivity index (χ1n) is 5.73. The number of hydrogen-bond donors (Lipinski definition) is 0. The minimum atomic E-state index is -0.181. The molecule has 0 radical (unpaired) electrons. The smallest absolute Gasteiger partial charge is 0.311 e. The van der Waals surface area contributed by atoms with Crippen molar-refractivity contribution in [3.63, 3.8) is 0 Å². The molecule has 1 saturated heterocycles. The summed E-state index contributed by atoms with van der Waals surface area (Å²) in [6.45, 7) is 0. The van der Waals surface area contributed by atoms with Crippen molar-refractivity contribution in [2.45, 2.75) is 25.7 Å². The molecule has 0 amide bonds. The van der Waals surface area contributed by atoms with Gasteiger partial charge >= 0.3 is 5.97 Å².